The number of benzene rings is 4. The molecule has 3 nitrogen and oxygen atoms in total. The number of hydrogen-bond acceptors (Lipinski definition) is 3. The van der Waals surface area contributed by atoms with E-state index in [1.54, 1.807) is 0 Å². The molecule has 1 aromatic heterocycles. The second kappa shape index (κ2) is 7.53. The second-order valence-corrected chi connectivity index (χ2v) is 7.35. The largest absolute Gasteiger partial charge is 0.365 e. The summed E-state index contributed by atoms with van der Waals surface area (Å²) in [5.74, 6) is 1.51. The van der Waals surface area contributed by atoms with Gasteiger partial charge in [0.05, 0.1) is 5.52 Å². The van der Waals surface area contributed by atoms with Crippen LogP contribution in [-0.4, -0.2) is 9.97 Å². The van der Waals surface area contributed by atoms with E-state index in [0.717, 1.165) is 22.3 Å². The Labute approximate surface area is 174 Å². The molecule has 4 heteroatoms. The fraction of sp³-hybridized carbons (Fsp3) is 0.0400. The number of anilines is 1. The molecule has 0 saturated carbocycles. The zero-order chi connectivity index (χ0) is 19.6. The van der Waals surface area contributed by atoms with Gasteiger partial charge in [0, 0.05) is 22.5 Å². The second-order valence-electron chi connectivity index (χ2n) is 6.91. The first-order chi connectivity index (χ1) is 14.3. The van der Waals surface area contributed by atoms with Crippen LogP contribution in [0.15, 0.2) is 91.0 Å². The van der Waals surface area contributed by atoms with Gasteiger partial charge < -0.3 is 5.32 Å². The third-order valence-electron chi connectivity index (χ3n) is 5.03. The molecule has 0 aliphatic heterocycles. The zero-order valence-electron chi connectivity index (χ0n) is 15.6. The van der Waals surface area contributed by atoms with Crippen LogP contribution in [-0.2, 0) is 6.54 Å². The standard InChI is InChI=1S/C25H18ClN3/c26-20-14-12-18(13-15-20)24-28-23-11-4-3-10-22(23)25(29-24)27-16-19-8-5-7-17-6-1-2-9-21(17)19/h1-15H,16H2,(H,27,28,29). The molecule has 0 bridgehead atoms. The molecule has 5 rings (SSSR count). The average molecular weight is 396 g/mol. The van der Waals surface area contributed by atoms with Crippen molar-refractivity contribution in [3.05, 3.63) is 102 Å². The molecule has 0 unspecified atom stereocenters. The van der Waals surface area contributed by atoms with E-state index in [2.05, 4.69) is 47.8 Å². The molecule has 1 heterocycles. The molecule has 0 radical (unpaired) electrons. The highest BCUT2D eigenvalue weighted by atomic mass is 35.5. The number of halogens is 1. The van der Waals surface area contributed by atoms with Crippen LogP contribution in [0.5, 0.6) is 0 Å². The molecule has 0 saturated heterocycles. The quantitative estimate of drug-likeness (QED) is 0.367. The molecular formula is C25H18ClN3. The third kappa shape index (κ3) is 3.53. The van der Waals surface area contributed by atoms with Crippen molar-refractivity contribution in [2.24, 2.45) is 0 Å². The number of hydrogen-bond donors (Lipinski definition) is 1. The number of nitrogens with one attached hydrogen (secondary N) is 1. The van der Waals surface area contributed by atoms with Crippen LogP contribution in [0.1, 0.15) is 5.56 Å². The summed E-state index contributed by atoms with van der Waals surface area (Å²) in [5.41, 5.74) is 3.08. The molecule has 4 aromatic carbocycles. The number of nitrogens with zero attached hydrogens (tertiary/aromatic N) is 2. The molecule has 1 N–H and O–H groups in total. The lowest BCUT2D eigenvalue weighted by atomic mass is 10.0. The highest BCUT2D eigenvalue weighted by Gasteiger charge is 2.10. The molecule has 140 valence electrons. The number of aromatic nitrogens is 2. The highest BCUT2D eigenvalue weighted by Crippen LogP contribution is 2.27. The summed E-state index contributed by atoms with van der Waals surface area (Å²) in [4.78, 5) is 9.58. The third-order valence-corrected chi connectivity index (χ3v) is 5.28. The summed E-state index contributed by atoms with van der Waals surface area (Å²) in [6, 6.07) is 30.5. The minimum absolute atomic E-state index is 0.681. The maximum Gasteiger partial charge on any atom is 0.162 e. The lowest BCUT2D eigenvalue weighted by Gasteiger charge is -2.12. The van der Waals surface area contributed by atoms with Crippen LogP contribution in [0, 0.1) is 0 Å². The normalized spacial score (nSPS) is 11.1. The topological polar surface area (TPSA) is 37.8 Å². The Balaban J connectivity index is 1.55. The van der Waals surface area contributed by atoms with E-state index in [0.29, 0.717) is 17.4 Å². The SMILES string of the molecule is Clc1ccc(-c2nc(NCc3cccc4ccccc34)c3ccccc3n2)cc1. The lowest BCUT2D eigenvalue weighted by molar-refractivity contribution is 1.12. The van der Waals surface area contributed by atoms with E-state index in [9.17, 15) is 0 Å². The Hall–Kier alpha value is -3.43. The van der Waals surface area contributed by atoms with Crippen LogP contribution in [0.25, 0.3) is 33.1 Å². The highest BCUT2D eigenvalue weighted by molar-refractivity contribution is 6.30. The van der Waals surface area contributed by atoms with Crippen molar-refractivity contribution in [3.63, 3.8) is 0 Å². The van der Waals surface area contributed by atoms with E-state index in [4.69, 9.17) is 21.6 Å². The summed E-state index contributed by atoms with van der Waals surface area (Å²) in [6.45, 7) is 0.683. The maximum absolute atomic E-state index is 6.04. The van der Waals surface area contributed by atoms with Crippen molar-refractivity contribution in [3.8, 4) is 11.4 Å². The molecule has 0 atom stereocenters. The number of rotatable bonds is 4. The number of fused-ring (bicyclic) bond motifs is 2. The van der Waals surface area contributed by atoms with E-state index < -0.39 is 0 Å². The van der Waals surface area contributed by atoms with Crippen molar-refractivity contribution in [2.45, 2.75) is 6.54 Å². The lowest BCUT2D eigenvalue weighted by Crippen LogP contribution is -2.04. The van der Waals surface area contributed by atoms with Crippen molar-refractivity contribution < 1.29 is 0 Å². The van der Waals surface area contributed by atoms with Crippen LogP contribution in [0.3, 0.4) is 0 Å². The fourth-order valence-corrected chi connectivity index (χ4v) is 3.69. The minimum Gasteiger partial charge on any atom is -0.365 e. The van der Waals surface area contributed by atoms with Crippen LogP contribution in [0.2, 0.25) is 5.02 Å². The van der Waals surface area contributed by atoms with Gasteiger partial charge >= 0.3 is 0 Å². The summed E-state index contributed by atoms with van der Waals surface area (Å²) >= 11 is 6.04. The molecular weight excluding hydrogens is 378 g/mol. The molecule has 0 aliphatic rings. The van der Waals surface area contributed by atoms with Crippen LogP contribution in [0.4, 0.5) is 5.82 Å². The van der Waals surface area contributed by atoms with Crippen molar-refractivity contribution in [2.75, 3.05) is 5.32 Å². The van der Waals surface area contributed by atoms with Gasteiger partial charge in [-0.2, -0.15) is 0 Å². The Bertz CT molecular complexity index is 1310. The first-order valence-electron chi connectivity index (χ1n) is 9.51. The average Bonchev–Trinajstić information content (AvgIpc) is 2.78. The molecule has 5 aromatic rings. The minimum atomic E-state index is 0.681. The van der Waals surface area contributed by atoms with Gasteiger partial charge in [0.25, 0.3) is 0 Å². The predicted octanol–water partition coefficient (Wildman–Crippen LogP) is 6.72. The van der Waals surface area contributed by atoms with Crippen molar-refractivity contribution >= 4 is 39.1 Å². The summed E-state index contributed by atoms with van der Waals surface area (Å²) in [5, 5.41) is 7.73. The molecule has 0 fully saturated rings. The van der Waals surface area contributed by atoms with Gasteiger partial charge in [-0.05, 0) is 52.7 Å². The Kier molecular flexibility index (Phi) is 4.59. The molecule has 0 spiro atoms. The maximum atomic E-state index is 6.04. The summed E-state index contributed by atoms with van der Waals surface area (Å²) < 4.78 is 0. The van der Waals surface area contributed by atoms with Crippen LogP contribution >= 0.6 is 11.6 Å². The van der Waals surface area contributed by atoms with Gasteiger partial charge in [0.15, 0.2) is 5.82 Å². The van der Waals surface area contributed by atoms with Gasteiger partial charge in [-0.1, -0.05) is 66.2 Å². The van der Waals surface area contributed by atoms with Crippen LogP contribution < -0.4 is 5.32 Å². The number of para-hydroxylation sites is 1. The van der Waals surface area contributed by atoms with Gasteiger partial charge in [-0.25, -0.2) is 9.97 Å². The summed E-state index contributed by atoms with van der Waals surface area (Å²) in [6.07, 6.45) is 0. The molecule has 29 heavy (non-hydrogen) atoms. The molecule has 0 amide bonds. The van der Waals surface area contributed by atoms with E-state index >= 15 is 0 Å². The van der Waals surface area contributed by atoms with Gasteiger partial charge in [-0.3, -0.25) is 0 Å². The van der Waals surface area contributed by atoms with E-state index in [1.165, 1.54) is 16.3 Å². The van der Waals surface area contributed by atoms with Gasteiger partial charge in [-0.15, -0.1) is 0 Å². The van der Waals surface area contributed by atoms with Gasteiger partial charge in [0.1, 0.15) is 5.82 Å². The fourth-order valence-electron chi connectivity index (χ4n) is 3.57. The monoisotopic (exact) mass is 395 g/mol. The van der Waals surface area contributed by atoms with E-state index in [-0.39, 0.29) is 0 Å². The van der Waals surface area contributed by atoms with Crippen molar-refractivity contribution in [1.29, 1.82) is 0 Å². The predicted molar refractivity (Wildman–Crippen MR) is 121 cm³/mol. The van der Waals surface area contributed by atoms with E-state index in [1.807, 2.05) is 48.5 Å². The first-order valence-corrected chi connectivity index (χ1v) is 9.89. The Morgan fingerprint density at radius 2 is 1.41 bits per heavy atom. The zero-order valence-corrected chi connectivity index (χ0v) is 16.4. The Morgan fingerprint density at radius 3 is 2.28 bits per heavy atom. The van der Waals surface area contributed by atoms with Gasteiger partial charge in [0.2, 0.25) is 0 Å². The Morgan fingerprint density at radius 1 is 0.690 bits per heavy atom. The van der Waals surface area contributed by atoms with Crippen molar-refractivity contribution in [1.82, 2.24) is 9.97 Å². The molecule has 0 aliphatic carbocycles. The first kappa shape index (κ1) is 17.7. The smallest absolute Gasteiger partial charge is 0.162 e. The summed E-state index contributed by atoms with van der Waals surface area (Å²) in [7, 11) is 0.